The van der Waals surface area contributed by atoms with Crippen LogP contribution < -0.4 is 9.47 Å². The van der Waals surface area contributed by atoms with E-state index in [4.69, 9.17) is 14.6 Å². The zero-order valence-corrected chi connectivity index (χ0v) is 22.9. The maximum atomic E-state index is 12.8. The number of aryl methyl sites for hydroxylation is 1. The number of Topliss-reactive ketones (excluding diaryl/α,β-unsaturated/α-hetero) is 1. The number of aromatic nitrogens is 1. The second-order valence-corrected chi connectivity index (χ2v) is 9.69. The number of fused-ring (bicyclic) bond motifs is 1. The van der Waals surface area contributed by atoms with Crippen molar-refractivity contribution in [1.82, 2.24) is 4.57 Å². The van der Waals surface area contributed by atoms with Crippen LogP contribution in [0.1, 0.15) is 52.7 Å². The van der Waals surface area contributed by atoms with Crippen molar-refractivity contribution in [1.29, 1.82) is 0 Å². The molecule has 1 aromatic heterocycles. The minimum Gasteiger partial charge on any atom is -0.494 e. The van der Waals surface area contributed by atoms with Gasteiger partial charge in [0.05, 0.1) is 25.2 Å². The average Bonchev–Trinajstić information content (AvgIpc) is 3.32. The van der Waals surface area contributed by atoms with E-state index in [1.165, 1.54) is 6.20 Å². The Hall–Kier alpha value is -4.85. The molecule has 0 aliphatic rings. The van der Waals surface area contributed by atoms with Gasteiger partial charge >= 0.3 is 11.9 Å². The number of carboxylic acid groups (broad SMARTS) is 2. The number of para-hydroxylation sites is 1. The number of ether oxygens (including phenoxy) is 2. The van der Waals surface area contributed by atoms with E-state index in [0.29, 0.717) is 29.7 Å². The standard InChI is InChI=1S/C33H33NO7/c1-23-9-15-28-29(30(35)17-18-31(36)37)21-34(22-32(38)39)33(28)27(23)16-12-24-10-13-26(14-11-24)41-20-6-5-19-40-25-7-3-2-4-8-25/h2-4,7-16,21H,5-6,17-20,22H2,1H3,(H,36,37)(H,38,39). The summed E-state index contributed by atoms with van der Waals surface area (Å²) in [5, 5.41) is 19.1. The van der Waals surface area contributed by atoms with Crippen LogP contribution in [-0.2, 0) is 16.1 Å². The van der Waals surface area contributed by atoms with E-state index in [2.05, 4.69) is 0 Å². The molecule has 4 rings (SSSR count). The van der Waals surface area contributed by atoms with Gasteiger partial charge in [-0.15, -0.1) is 0 Å². The number of rotatable bonds is 15. The van der Waals surface area contributed by atoms with E-state index in [0.717, 1.165) is 41.0 Å². The molecule has 0 fully saturated rings. The molecular formula is C33H33NO7. The minimum absolute atomic E-state index is 0.156. The van der Waals surface area contributed by atoms with Crippen molar-refractivity contribution < 1.29 is 34.1 Å². The normalized spacial score (nSPS) is 11.1. The van der Waals surface area contributed by atoms with Gasteiger partial charge in [-0.05, 0) is 55.2 Å². The van der Waals surface area contributed by atoms with Gasteiger partial charge in [0, 0.05) is 29.1 Å². The van der Waals surface area contributed by atoms with Crippen molar-refractivity contribution in [2.75, 3.05) is 13.2 Å². The zero-order chi connectivity index (χ0) is 29.2. The second kappa shape index (κ2) is 14.0. The van der Waals surface area contributed by atoms with Crippen LogP contribution in [0.4, 0.5) is 0 Å². The fourth-order valence-corrected chi connectivity index (χ4v) is 4.54. The summed E-state index contributed by atoms with van der Waals surface area (Å²) in [6.07, 6.45) is 6.66. The number of unbranched alkanes of at least 4 members (excludes halogenated alkanes) is 1. The third-order valence-electron chi connectivity index (χ3n) is 6.61. The van der Waals surface area contributed by atoms with Crippen LogP contribution in [0.25, 0.3) is 23.1 Å². The van der Waals surface area contributed by atoms with Gasteiger partial charge in [0.1, 0.15) is 18.0 Å². The lowest BCUT2D eigenvalue weighted by Crippen LogP contribution is -2.08. The lowest BCUT2D eigenvalue weighted by Gasteiger charge is -2.09. The van der Waals surface area contributed by atoms with E-state index in [9.17, 15) is 19.5 Å². The molecule has 0 aliphatic heterocycles. The number of carbonyl (C=O) groups is 3. The summed E-state index contributed by atoms with van der Waals surface area (Å²) in [4.78, 5) is 35.3. The molecule has 0 bridgehead atoms. The molecule has 41 heavy (non-hydrogen) atoms. The van der Waals surface area contributed by atoms with Crippen LogP contribution >= 0.6 is 0 Å². The van der Waals surface area contributed by atoms with E-state index in [1.54, 1.807) is 10.6 Å². The Balaban J connectivity index is 1.43. The maximum absolute atomic E-state index is 12.8. The van der Waals surface area contributed by atoms with Crippen molar-refractivity contribution in [3.8, 4) is 11.5 Å². The molecule has 0 spiro atoms. The van der Waals surface area contributed by atoms with Gasteiger partial charge < -0.3 is 24.3 Å². The number of aliphatic carboxylic acids is 2. The number of carboxylic acids is 2. The summed E-state index contributed by atoms with van der Waals surface area (Å²) in [7, 11) is 0. The largest absolute Gasteiger partial charge is 0.494 e. The Morgan fingerprint density at radius 1 is 0.780 bits per heavy atom. The van der Waals surface area contributed by atoms with Crippen molar-refractivity contribution in [2.24, 2.45) is 0 Å². The smallest absolute Gasteiger partial charge is 0.323 e. The zero-order valence-electron chi connectivity index (χ0n) is 22.9. The first-order chi connectivity index (χ1) is 19.8. The van der Waals surface area contributed by atoms with E-state index in [1.807, 2.05) is 79.7 Å². The van der Waals surface area contributed by atoms with Gasteiger partial charge in [-0.3, -0.25) is 14.4 Å². The molecule has 0 aliphatic carbocycles. The van der Waals surface area contributed by atoms with Gasteiger partial charge in [0.25, 0.3) is 0 Å². The Morgan fingerprint density at radius 3 is 2.07 bits per heavy atom. The molecule has 0 saturated heterocycles. The van der Waals surface area contributed by atoms with Crippen molar-refractivity contribution >= 4 is 40.8 Å². The molecule has 8 nitrogen and oxygen atoms in total. The van der Waals surface area contributed by atoms with Gasteiger partial charge in [0.2, 0.25) is 0 Å². The maximum Gasteiger partial charge on any atom is 0.323 e. The van der Waals surface area contributed by atoms with Crippen molar-refractivity contribution in [3.05, 3.63) is 95.2 Å². The van der Waals surface area contributed by atoms with Crippen LogP contribution in [-0.4, -0.2) is 45.7 Å². The first-order valence-corrected chi connectivity index (χ1v) is 13.5. The lowest BCUT2D eigenvalue weighted by atomic mass is 9.99. The highest BCUT2D eigenvalue weighted by molar-refractivity contribution is 6.10. The number of benzene rings is 3. The number of hydrogen-bond acceptors (Lipinski definition) is 5. The SMILES string of the molecule is Cc1ccc2c(C(=O)CCC(=O)O)cn(CC(=O)O)c2c1C=Cc1ccc(OCCCCOc2ccccc2)cc1. The molecule has 0 unspecified atom stereocenters. The topological polar surface area (TPSA) is 115 Å². The monoisotopic (exact) mass is 555 g/mol. The Morgan fingerprint density at radius 2 is 1.44 bits per heavy atom. The third-order valence-corrected chi connectivity index (χ3v) is 6.61. The molecule has 2 N–H and O–H groups in total. The summed E-state index contributed by atoms with van der Waals surface area (Å²) in [5.74, 6) is -0.800. The fraction of sp³-hybridized carbons (Fsp3) is 0.242. The fourth-order valence-electron chi connectivity index (χ4n) is 4.54. The number of hydrogen-bond donors (Lipinski definition) is 2. The molecule has 8 heteroatoms. The quantitative estimate of drug-likeness (QED) is 0.0979. The molecule has 212 valence electrons. The highest BCUT2D eigenvalue weighted by Gasteiger charge is 2.19. The molecule has 1 heterocycles. The molecular weight excluding hydrogens is 522 g/mol. The first kappa shape index (κ1) is 29.1. The van der Waals surface area contributed by atoms with Crippen LogP contribution in [0.2, 0.25) is 0 Å². The Labute approximate surface area is 238 Å². The average molecular weight is 556 g/mol. The molecule has 0 saturated carbocycles. The van der Waals surface area contributed by atoms with E-state index >= 15 is 0 Å². The predicted molar refractivity (Wildman–Crippen MR) is 158 cm³/mol. The molecule has 0 amide bonds. The van der Waals surface area contributed by atoms with Gasteiger partial charge in [-0.1, -0.05) is 54.6 Å². The summed E-state index contributed by atoms with van der Waals surface area (Å²) < 4.78 is 13.1. The van der Waals surface area contributed by atoms with Crippen LogP contribution in [0, 0.1) is 6.92 Å². The van der Waals surface area contributed by atoms with Crippen LogP contribution in [0.5, 0.6) is 11.5 Å². The first-order valence-electron chi connectivity index (χ1n) is 13.5. The molecule has 0 radical (unpaired) electrons. The van der Waals surface area contributed by atoms with Gasteiger partial charge in [-0.25, -0.2) is 0 Å². The summed E-state index contributed by atoms with van der Waals surface area (Å²) in [6, 6.07) is 21.1. The summed E-state index contributed by atoms with van der Waals surface area (Å²) >= 11 is 0. The van der Waals surface area contributed by atoms with Crippen molar-refractivity contribution in [2.45, 2.75) is 39.2 Å². The Kier molecular flexibility index (Phi) is 9.94. The minimum atomic E-state index is -1.06. The molecule has 4 aromatic rings. The second-order valence-electron chi connectivity index (χ2n) is 9.69. The summed E-state index contributed by atoms with van der Waals surface area (Å²) in [5.41, 5.74) is 3.58. The highest BCUT2D eigenvalue weighted by Crippen LogP contribution is 2.30. The Bertz CT molecular complexity index is 1540. The summed E-state index contributed by atoms with van der Waals surface area (Å²) in [6.45, 7) is 2.82. The van der Waals surface area contributed by atoms with E-state index < -0.39 is 11.9 Å². The number of nitrogens with zero attached hydrogens (tertiary/aromatic N) is 1. The van der Waals surface area contributed by atoms with Crippen LogP contribution in [0.15, 0.2) is 72.9 Å². The lowest BCUT2D eigenvalue weighted by molar-refractivity contribution is -0.138. The van der Waals surface area contributed by atoms with Crippen molar-refractivity contribution in [3.63, 3.8) is 0 Å². The van der Waals surface area contributed by atoms with Crippen LogP contribution in [0.3, 0.4) is 0 Å². The molecule has 0 atom stereocenters. The van der Waals surface area contributed by atoms with Gasteiger partial charge in [0.15, 0.2) is 5.78 Å². The predicted octanol–water partition coefficient (Wildman–Crippen LogP) is 6.49. The highest BCUT2D eigenvalue weighted by atomic mass is 16.5. The number of carbonyl (C=O) groups excluding carboxylic acids is 1. The molecule has 3 aromatic carbocycles. The van der Waals surface area contributed by atoms with Gasteiger partial charge in [-0.2, -0.15) is 0 Å². The third kappa shape index (κ3) is 8.08. The number of ketones is 1. The van der Waals surface area contributed by atoms with E-state index in [-0.39, 0.29) is 25.2 Å².